The van der Waals surface area contributed by atoms with Gasteiger partial charge in [-0.05, 0) is 25.2 Å². The van der Waals surface area contributed by atoms with Crippen molar-refractivity contribution in [3.05, 3.63) is 12.7 Å². The highest BCUT2D eigenvalue weighted by molar-refractivity contribution is 7.53. The monoisotopic (exact) mass is 347 g/mol. The van der Waals surface area contributed by atoms with Gasteiger partial charge in [0, 0.05) is 12.5 Å². The zero-order valence-corrected chi connectivity index (χ0v) is 12.9. The van der Waals surface area contributed by atoms with E-state index in [2.05, 4.69) is 15.0 Å². The fourth-order valence-electron chi connectivity index (χ4n) is 3.09. The van der Waals surface area contributed by atoms with E-state index in [9.17, 15) is 13.3 Å². The van der Waals surface area contributed by atoms with Crippen molar-refractivity contribution in [1.29, 1.82) is 0 Å². The molecule has 0 spiro atoms. The molecular formula is C12H16F2N5O3P. The molecule has 0 aromatic carbocycles. The summed E-state index contributed by atoms with van der Waals surface area (Å²) in [4.78, 5) is 29.6. The smallest absolute Gasteiger partial charge is 0.382 e. The van der Waals surface area contributed by atoms with Gasteiger partial charge in [0.2, 0.25) is 0 Å². The first-order valence-corrected chi connectivity index (χ1v) is 8.67. The molecule has 2 aromatic heterocycles. The van der Waals surface area contributed by atoms with Gasteiger partial charge in [-0.2, -0.15) is 8.78 Å². The predicted molar refractivity (Wildman–Crippen MR) is 77.7 cm³/mol. The van der Waals surface area contributed by atoms with Crippen LogP contribution in [0.3, 0.4) is 0 Å². The lowest BCUT2D eigenvalue weighted by molar-refractivity contribution is 0.0341. The number of fused-ring (bicyclic) bond motifs is 1. The number of nitrogens with two attached hydrogens (primary N) is 1. The minimum absolute atomic E-state index is 0.105. The fourth-order valence-corrected chi connectivity index (χ4v) is 3.59. The lowest BCUT2D eigenvalue weighted by Crippen LogP contribution is -2.20. The second-order valence-electron chi connectivity index (χ2n) is 5.83. The van der Waals surface area contributed by atoms with Crippen molar-refractivity contribution in [2.24, 2.45) is 5.92 Å². The van der Waals surface area contributed by atoms with Gasteiger partial charge in [-0.1, -0.05) is 0 Å². The van der Waals surface area contributed by atoms with Gasteiger partial charge in [0.15, 0.2) is 11.5 Å². The molecule has 2 atom stereocenters. The van der Waals surface area contributed by atoms with E-state index in [1.54, 1.807) is 10.9 Å². The van der Waals surface area contributed by atoms with E-state index >= 15 is 0 Å². The highest BCUT2D eigenvalue weighted by atomic mass is 31.2. The van der Waals surface area contributed by atoms with Crippen molar-refractivity contribution in [2.45, 2.75) is 37.4 Å². The number of rotatable bonds is 4. The summed E-state index contributed by atoms with van der Waals surface area (Å²) in [5.74, 6) is -0.226. The SMILES string of the molecule is Nc1ncnc2c1ncn2C1CCC(CC(F)(F)P(=O)(O)O)C1. The topological polar surface area (TPSA) is 127 Å². The Labute approximate surface area is 129 Å². The first-order valence-electron chi connectivity index (χ1n) is 7.05. The first-order chi connectivity index (χ1) is 10.7. The molecule has 0 radical (unpaired) electrons. The summed E-state index contributed by atoms with van der Waals surface area (Å²) >= 11 is 0. The summed E-state index contributed by atoms with van der Waals surface area (Å²) in [7, 11) is -5.44. The van der Waals surface area contributed by atoms with Crippen LogP contribution >= 0.6 is 7.60 Å². The van der Waals surface area contributed by atoms with E-state index in [0.717, 1.165) is 0 Å². The van der Waals surface area contributed by atoms with Gasteiger partial charge in [-0.25, -0.2) is 15.0 Å². The summed E-state index contributed by atoms with van der Waals surface area (Å²) in [5.41, 5.74) is 2.71. The van der Waals surface area contributed by atoms with Crippen LogP contribution in [0.2, 0.25) is 0 Å². The van der Waals surface area contributed by atoms with Crippen molar-refractivity contribution in [2.75, 3.05) is 5.73 Å². The number of alkyl halides is 2. The summed E-state index contributed by atoms with van der Waals surface area (Å²) in [6.45, 7) is 0. The lowest BCUT2D eigenvalue weighted by atomic mass is 10.0. The number of aromatic nitrogens is 4. The second-order valence-corrected chi connectivity index (χ2v) is 7.57. The summed E-state index contributed by atoms with van der Waals surface area (Å²) in [6, 6.07) is -0.105. The Kier molecular flexibility index (Phi) is 3.86. The number of hydrogen-bond donors (Lipinski definition) is 3. The van der Waals surface area contributed by atoms with E-state index in [1.165, 1.54) is 6.33 Å². The molecular weight excluding hydrogens is 331 g/mol. The molecule has 1 fully saturated rings. The molecule has 11 heteroatoms. The highest BCUT2D eigenvalue weighted by Gasteiger charge is 2.50. The van der Waals surface area contributed by atoms with Crippen LogP contribution in [0.4, 0.5) is 14.6 Å². The van der Waals surface area contributed by atoms with Gasteiger partial charge >= 0.3 is 13.3 Å². The molecule has 1 saturated carbocycles. The second kappa shape index (κ2) is 5.47. The first kappa shape index (κ1) is 16.2. The standard InChI is InChI=1S/C12H16F2N5O3P/c13-12(14,23(20,21)22)4-7-1-2-8(3-7)19-6-18-9-10(15)16-5-17-11(9)19/h5-8H,1-4H2,(H2,15,16,17)(H2,20,21,22). The highest BCUT2D eigenvalue weighted by Crippen LogP contribution is 2.57. The summed E-state index contributed by atoms with van der Waals surface area (Å²) < 4.78 is 39.7. The van der Waals surface area contributed by atoms with Gasteiger partial charge in [-0.3, -0.25) is 4.57 Å². The minimum atomic E-state index is -5.44. The molecule has 0 bridgehead atoms. The predicted octanol–water partition coefficient (Wildman–Crippen LogP) is 1.91. The third kappa shape index (κ3) is 2.93. The average molecular weight is 347 g/mol. The van der Waals surface area contributed by atoms with E-state index in [1.807, 2.05) is 0 Å². The normalized spacial score (nSPS) is 22.8. The number of hydrogen-bond acceptors (Lipinski definition) is 5. The zero-order valence-electron chi connectivity index (χ0n) is 12.0. The van der Waals surface area contributed by atoms with Crippen LogP contribution in [-0.2, 0) is 4.57 Å². The molecule has 0 saturated heterocycles. The zero-order chi connectivity index (χ0) is 16.8. The van der Waals surface area contributed by atoms with Gasteiger partial charge in [0.25, 0.3) is 0 Å². The third-order valence-electron chi connectivity index (χ3n) is 4.25. The van der Waals surface area contributed by atoms with Crippen LogP contribution < -0.4 is 5.73 Å². The number of nitrogen functional groups attached to an aromatic ring is 1. The van der Waals surface area contributed by atoms with Crippen LogP contribution in [0.25, 0.3) is 11.2 Å². The fraction of sp³-hybridized carbons (Fsp3) is 0.583. The van der Waals surface area contributed by atoms with Crippen molar-refractivity contribution >= 4 is 24.6 Å². The maximum absolute atomic E-state index is 13.5. The minimum Gasteiger partial charge on any atom is -0.382 e. The summed E-state index contributed by atoms with van der Waals surface area (Å²) in [6.07, 6.45) is 3.48. The Morgan fingerprint density at radius 1 is 1.35 bits per heavy atom. The number of anilines is 1. The van der Waals surface area contributed by atoms with Crippen LogP contribution in [0, 0.1) is 5.92 Å². The Morgan fingerprint density at radius 2 is 2.09 bits per heavy atom. The molecule has 1 aliphatic rings. The van der Waals surface area contributed by atoms with Gasteiger partial charge in [0.1, 0.15) is 11.8 Å². The van der Waals surface area contributed by atoms with Crippen LogP contribution in [0.15, 0.2) is 12.7 Å². The van der Waals surface area contributed by atoms with Crippen LogP contribution in [0.5, 0.6) is 0 Å². The Balaban J connectivity index is 1.77. The van der Waals surface area contributed by atoms with Crippen molar-refractivity contribution in [3.63, 3.8) is 0 Å². The van der Waals surface area contributed by atoms with E-state index in [-0.39, 0.29) is 11.9 Å². The third-order valence-corrected chi connectivity index (χ3v) is 5.29. The molecule has 8 nitrogen and oxygen atoms in total. The van der Waals surface area contributed by atoms with Crippen molar-refractivity contribution in [1.82, 2.24) is 19.5 Å². The van der Waals surface area contributed by atoms with Gasteiger partial charge < -0.3 is 20.1 Å². The maximum Gasteiger partial charge on any atom is 0.394 e. The van der Waals surface area contributed by atoms with Crippen molar-refractivity contribution in [3.8, 4) is 0 Å². The summed E-state index contributed by atoms with van der Waals surface area (Å²) in [5, 5.41) is 0. The van der Waals surface area contributed by atoms with Crippen molar-refractivity contribution < 1.29 is 23.1 Å². The molecule has 4 N–H and O–H groups in total. The lowest BCUT2D eigenvalue weighted by Gasteiger charge is -2.21. The van der Waals surface area contributed by atoms with Crippen LogP contribution in [-0.4, -0.2) is 35.0 Å². The molecule has 2 unspecified atom stereocenters. The Hall–Kier alpha value is -1.64. The van der Waals surface area contributed by atoms with Crippen LogP contribution in [0.1, 0.15) is 31.7 Å². The number of halogens is 2. The van der Waals surface area contributed by atoms with E-state index < -0.39 is 25.6 Å². The van der Waals surface area contributed by atoms with E-state index in [4.69, 9.17) is 15.5 Å². The average Bonchev–Trinajstić information content (AvgIpc) is 3.04. The van der Waals surface area contributed by atoms with Gasteiger partial charge in [-0.15, -0.1) is 0 Å². The Bertz CT molecular complexity index is 777. The molecule has 23 heavy (non-hydrogen) atoms. The molecule has 2 aromatic rings. The Morgan fingerprint density at radius 3 is 2.78 bits per heavy atom. The quantitative estimate of drug-likeness (QED) is 0.721. The molecule has 0 amide bonds. The largest absolute Gasteiger partial charge is 0.394 e. The molecule has 2 heterocycles. The van der Waals surface area contributed by atoms with E-state index in [0.29, 0.717) is 30.4 Å². The number of nitrogens with zero attached hydrogens (tertiary/aromatic N) is 4. The molecule has 0 aliphatic heterocycles. The van der Waals surface area contributed by atoms with Gasteiger partial charge in [0.05, 0.1) is 6.33 Å². The molecule has 1 aliphatic carbocycles. The molecule has 126 valence electrons. The maximum atomic E-state index is 13.5. The number of imidazole rings is 1. The molecule has 3 rings (SSSR count).